The van der Waals surface area contributed by atoms with Crippen LogP contribution in [-0.4, -0.2) is 18.1 Å². The maximum atomic E-state index is 12.0. The lowest BCUT2D eigenvalue weighted by atomic mass is 10.1. The van der Waals surface area contributed by atoms with Crippen molar-refractivity contribution in [3.63, 3.8) is 0 Å². The van der Waals surface area contributed by atoms with Crippen LogP contribution in [0.3, 0.4) is 0 Å². The van der Waals surface area contributed by atoms with Crippen molar-refractivity contribution in [1.82, 2.24) is 5.32 Å². The first-order valence-corrected chi connectivity index (χ1v) is 7.76. The van der Waals surface area contributed by atoms with Crippen molar-refractivity contribution in [2.75, 3.05) is 0 Å². The third-order valence-electron chi connectivity index (χ3n) is 3.29. The van der Waals surface area contributed by atoms with Crippen LogP contribution < -0.4 is 15.8 Å². The van der Waals surface area contributed by atoms with Gasteiger partial charge in [0.15, 0.2) is 0 Å². The molecule has 0 radical (unpaired) electrons. The number of carbonyl (C=O) groups excluding carboxylic acids is 1. The van der Waals surface area contributed by atoms with Crippen LogP contribution in [0.15, 0.2) is 24.3 Å². The van der Waals surface area contributed by atoms with Crippen LogP contribution in [0.4, 0.5) is 0 Å². The number of ether oxygens (including phenoxy) is 1. The van der Waals surface area contributed by atoms with Crippen molar-refractivity contribution in [3.8, 4) is 5.75 Å². The topological polar surface area (TPSA) is 64.4 Å². The molecule has 0 spiro atoms. The number of amides is 1. The molecule has 1 aromatic rings. The lowest BCUT2D eigenvalue weighted by Crippen LogP contribution is -2.41. The van der Waals surface area contributed by atoms with Crippen molar-refractivity contribution in [2.24, 2.45) is 5.73 Å². The molecule has 1 unspecified atom stereocenters. The number of nitrogens with one attached hydrogen (secondary N) is 1. The molecule has 0 aliphatic rings. The summed E-state index contributed by atoms with van der Waals surface area (Å²) in [4.78, 5) is 12.0. The fourth-order valence-electron chi connectivity index (χ4n) is 2.09. The van der Waals surface area contributed by atoms with E-state index in [1.54, 1.807) is 0 Å². The van der Waals surface area contributed by atoms with Crippen molar-refractivity contribution >= 4 is 5.91 Å². The number of hydrogen-bond acceptors (Lipinski definition) is 3. The first-order chi connectivity index (χ1) is 9.93. The van der Waals surface area contributed by atoms with Crippen LogP contribution in [0.1, 0.15) is 58.6 Å². The molecule has 0 bridgehead atoms. The molecule has 0 aliphatic carbocycles. The molecule has 1 rings (SSSR count). The van der Waals surface area contributed by atoms with Gasteiger partial charge in [-0.1, -0.05) is 31.9 Å². The highest BCUT2D eigenvalue weighted by Gasteiger charge is 2.16. The molecule has 2 atom stereocenters. The molecule has 4 heteroatoms. The molecule has 3 N–H and O–H groups in total. The van der Waals surface area contributed by atoms with Gasteiger partial charge < -0.3 is 15.8 Å². The predicted octanol–water partition coefficient (Wildman–Crippen LogP) is 3.17. The Kier molecular flexibility index (Phi) is 7.23. The van der Waals surface area contributed by atoms with Crippen molar-refractivity contribution < 1.29 is 9.53 Å². The van der Waals surface area contributed by atoms with Crippen molar-refractivity contribution in [2.45, 2.75) is 65.1 Å². The highest BCUT2D eigenvalue weighted by Crippen LogP contribution is 2.20. The number of unbranched alkanes of at least 4 members (excludes halogenated alkanes) is 1. The van der Waals surface area contributed by atoms with E-state index < -0.39 is 6.04 Å². The molecule has 21 heavy (non-hydrogen) atoms. The number of rotatable bonds is 8. The van der Waals surface area contributed by atoms with Crippen LogP contribution in [0.25, 0.3) is 0 Å². The number of hydrogen-bond donors (Lipinski definition) is 2. The van der Waals surface area contributed by atoms with E-state index in [0.29, 0.717) is 0 Å². The van der Waals surface area contributed by atoms with Gasteiger partial charge in [-0.05, 0) is 44.9 Å². The second kappa shape index (κ2) is 8.67. The summed E-state index contributed by atoms with van der Waals surface area (Å²) in [7, 11) is 0. The zero-order valence-electron chi connectivity index (χ0n) is 13.6. The van der Waals surface area contributed by atoms with Gasteiger partial charge in [0.25, 0.3) is 0 Å². The Morgan fingerprint density at radius 1 is 1.33 bits per heavy atom. The van der Waals surface area contributed by atoms with E-state index in [1.165, 1.54) is 0 Å². The molecule has 0 saturated heterocycles. The zero-order valence-corrected chi connectivity index (χ0v) is 13.6. The third-order valence-corrected chi connectivity index (χ3v) is 3.29. The fourth-order valence-corrected chi connectivity index (χ4v) is 2.09. The summed E-state index contributed by atoms with van der Waals surface area (Å²) in [5, 5.41) is 2.97. The quantitative estimate of drug-likeness (QED) is 0.773. The van der Waals surface area contributed by atoms with Crippen molar-refractivity contribution in [1.29, 1.82) is 0 Å². The monoisotopic (exact) mass is 292 g/mol. The minimum atomic E-state index is -0.428. The summed E-state index contributed by atoms with van der Waals surface area (Å²) in [6.07, 6.45) is 2.88. The standard InChI is InChI=1S/C17H28N2O2/c1-5-6-10-16(18)17(20)19-13(4)14-8-7-9-15(11-14)21-12(2)3/h7-9,11-13,16H,5-6,10,18H2,1-4H3,(H,19,20)/t13?,16-/m0/s1. The summed E-state index contributed by atoms with van der Waals surface area (Å²) < 4.78 is 5.67. The largest absolute Gasteiger partial charge is 0.491 e. The summed E-state index contributed by atoms with van der Waals surface area (Å²) >= 11 is 0. The molecule has 0 aromatic heterocycles. The average Bonchev–Trinajstić information content (AvgIpc) is 2.44. The van der Waals surface area contributed by atoms with E-state index in [4.69, 9.17) is 10.5 Å². The zero-order chi connectivity index (χ0) is 15.8. The Labute approximate surface area is 128 Å². The molecule has 0 saturated carbocycles. The smallest absolute Gasteiger partial charge is 0.237 e. The summed E-state index contributed by atoms with van der Waals surface area (Å²) in [6, 6.07) is 7.29. The van der Waals surface area contributed by atoms with E-state index in [-0.39, 0.29) is 18.1 Å². The van der Waals surface area contributed by atoms with E-state index in [1.807, 2.05) is 45.0 Å². The molecule has 4 nitrogen and oxygen atoms in total. The second-order valence-electron chi connectivity index (χ2n) is 5.72. The summed E-state index contributed by atoms with van der Waals surface area (Å²) in [6.45, 7) is 8.03. The fraction of sp³-hybridized carbons (Fsp3) is 0.588. The number of nitrogens with two attached hydrogens (primary N) is 1. The second-order valence-corrected chi connectivity index (χ2v) is 5.72. The molecule has 0 heterocycles. The van der Waals surface area contributed by atoms with Crippen molar-refractivity contribution in [3.05, 3.63) is 29.8 Å². The van der Waals surface area contributed by atoms with Gasteiger partial charge >= 0.3 is 0 Å². The van der Waals surface area contributed by atoms with Gasteiger partial charge in [0, 0.05) is 0 Å². The van der Waals surface area contributed by atoms with E-state index in [9.17, 15) is 4.79 Å². The first-order valence-electron chi connectivity index (χ1n) is 7.76. The molecule has 118 valence electrons. The minimum Gasteiger partial charge on any atom is -0.491 e. The maximum Gasteiger partial charge on any atom is 0.237 e. The molecule has 0 fully saturated rings. The minimum absolute atomic E-state index is 0.0825. The van der Waals surface area contributed by atoms with Gasteiger partial charge in [0.05, 0.1) is 18.2 Å². The third kappa shape index (κ3) is 6.17. The van der Waals surface area contributed by atoms with E-state index in [0.717, 1.165) is 30.6 Å². The van der Waals surface area contributed by atoms with Crippen LogP contribution >= 0.6 is 0 Å². The Bertz CT molecular complexity index is 446. The number of benzene rings is 1. The lowest BCUT2D eigenvalue weighted by molar-refractivity contribution is -0.123. The van der Waals surface area contributed by atoms with Crippen LogP contribution in [0, 0.1) is 0 Å². The van der Waals surface area contributed by atoms with Gasteiger partial charge in [-0.15, -0.1) is 0 Å². The first kappa shape index (κ1) is 17.5. The summed E-state index contributed by atoms with van der Waals surface area (Å²) in [5.74, 6) is 0.727. The normalized spacial score (nSPS) is 13.8. The van der Waals surface area contributed by atoms with Gasteiger partial charge in [0.2, 0.25) is 5.91 Å². The van der Waals surface area contributed by atoms with Crippen LogP contribution in [0.2, 0.25) is 0 Å². The van der Waals surface area contributed by atoms with Gasteiger partial charge in [0.1, 0.15) is 5.75 Å². The Hall–Kier alpha value is -1.55. The summed E-state index contributed by atoms with van der Waals surface area (Å²) in [5.41, 5.74) is 6.91. The number of carbonyl (C=O) groups is 1. The van der Waals surface area contributed by atoms with Crippen LogP contribution in [-0.2, 0) is 4.79 Å². The van der Waals surface area contributed by atoms with Crippen LogP contribution in [0.5, 0.6) is 5.75 Å². The maximum absolute atomic E-state index is 12.0. The molecular weight excluding hydrogens is 264 g/mol. The highest BCUT2D eigenvalue weighted by molar-refractivity contribution is 5.81. The molecule has 1 amide bonds. The molecular formula is C17H28N2O2. The van der Waals surface area contributed by atoms with Gasteiger partial charge in [-0.3, -0.25) is 4.79 Å². The Balaban J connectivity index is 2.62. The average molecular weight is 292 g/mol. The van der Waals surface area contributed by atoms with Gasteiger partial charge in [-0.2, -0.15) is 0 Å². The van der Waals surface area contributed by atoms with E-state index >= 15 is 0 Å². The Morgan fingerprint density at radius 3 is 2.67 bits per heavy atom. The SMILES string of the molecule is CCCC[C@H](N)C(=O)NC(C)c1cccc(OC(C)C)c1. The Morgan fingerprint density at radius 2 is 2.05 bits per heavy atom. The van der Waals surface area contributed by atoms with Gasteiger partial charge in [-0.25, -0.2) is 0 Å². The molecule has 0 aliphatic heterocycles. The van der Waals surface area contributed by atoms with E-state index in [2.05, 4.69) is 12.2 Å². The lowest BCUT2D eigenvalue weighted by Gasteiger charge is -2.19. The highest BCUT2D eigenvalue weighted by atomic mass is 16.5. The molecule has 1 aromatic carbocycles. The predicted molar refractivity (Wildman–Crippen MR) is 86.3 cm³/mol.